The Labute approximate surface area is 306 Å². The summed E-state index contributed by atoms with van der Waals surface area (Å²) in [5, 5.41) is 5.06. The van der Waals surface area contributed by atoms with E-state index in [-0.39, 0.29) is 0 Å². The van der Waals surface area contributed by atoms with Gasteiger partial charge in [0.1, 0.15) is 27.3 Å². The lowest BCUT2D eigenvalue weighted by atomic mass is 10.0. The standard InChI is InChI=1S/C46H26N4O2S/c1-2-9-28(10-3-1)43-48-44(31-22-24-38-35(25-31)32-11-4-6-14-37(32)51-38)50-45(49-43)34-12-8-15-39-42(34)33-23-21-30(26-40(33)52-39)27-17-19-29(20-18-27)46-47-36-13-5-7-16-41(36)53-46/h1-26H. The lowest BCUT2D eigenvalue weighted by molar-refractivity contribution is 0.668. The van der Waals surface area contributed by atoms with E-state index in [2.05, 4.69) is 78.9 Å². The molecule has 0 aliphatic carbocycles. The quantitative estimate of drug-likeness (QED) is 0.178. The molecule has 0 amide bonds. The number of benzene rings is 7. The van der Waals surface area contributed by atoms with Crippen LogP contribution in [0, 0.1) is 0 Å². The summed E-state index contributed by atoms with van der Waals surface area (Å²) in [6.07, 6.45) is 0. The molecule has 11 rings (SSSR count). The van der Waals surface area contributed by atoms with Gasteiger partial charge in [0.25, 0.3) is 0 Å². The maximum atomic E-state index is 6.52. The van der Waals surface area contributed by atoms with Gasteiger partial charge in [0.05, 0.1) is 10.2 Å². The molecule has 0 aliphatic rings. The van der Waals surface area contributed by atoms with Crippen LogP contribution in [0.2, 0.25) is 0 Å². The first-order chi connectivity index (χ1) is 26.2. The Kier molecular flexibility index (Phi) is 6.62. The van der Waals surface area contributed by atoms with E-state index in [0.717, 1.165) is 87.8 Å². The Balaban J connectivity index is 1.02. The Morgan fingerprint density at radius 3 is 1.94 bits per heavy atom. The zero-order valence-electron chi connectivity index (χ0n) is 28.0. The van der Waals surface area contributed by atoms with Gasteiger partial charge in [0, 0.05) is 43.8 Å². The zero-order chi connectivity index (χ0) is 34.9. The van der Waals surface area contributed by atoms with Crippen LogP contribution in [0.5, 0.6) is 0 Å². The van der Waals surface area contributed by atoms with Gasteiger partial charge in [0.15, 0.2) is 17.5 Å². The van der Waals surface area contributed by atoms with Gasteiger partial charge < -0.3 is 8.83 Å². The fraction of sp³-hybridized carbons (Fsp3) is 0. The van der Waals surface area contributed by atoms with E-state index in [1.807, 2.05) is 78.9 Å². The Hall–Kier alpha value is -6.96. The van der Waals surface area contributed by atoms with Gasteiger partial charge >= 0.3 is 0 Å². The van der Waals surface area contributed by atoms with E-state index in [4.69, 9.17) is 28.8 Å². The first-order valence-electron chi connectivity index (χ1n) is 17.4. The third-order valence-electron chi connectivity index (χ3n) is 9.80. The fourth-order valence-corrected chi connectivity index (χ4v) is 8.17. The first kappa shape index (κ1) is 29.7. The van der Waals surface area contributed by atoms with Crippen molar-refractivity contribution >= 4 is 65.4 Å². The van der Waals surface area contributed by atoms with Crippen LogP contribution in [0.3, 0.4) is 0 Å². The Morgan fingerprint density at radius 1 is 0.377 bits per heavy atom. The second-order valence-corrected chi connectivity index (χ2v) is 14.1. The third-order valence-corrected chi connectivity index (χ3v) is 10.9. The van der Waals surface area contributed by atoms with Crippen LogP contribution in [0.25, 0.3) is 110 Å². The number of para-hydroxylation sites is 2. The van der Waals surface area contributed by atoms with Gasteiger partial charge in [-0.15, -0.1) is 11.3 Å². The highest BCUT2D eigenvalue weighted by Crippen LogP contribution is 2.39. The largest absolute Gasteiger partial charge is 0.456 e. The van der Waals surface area contributed by atoms with Crippen molar-refractivity contribution in [1.82, 2.24) is 19.9 Å². The van der Waals surface area contributed by atoms with Gasteiger partial charge in [-0.1, -0.05) is 103 Å². The highest BCUT2D eigenvalue weighted by Gasteiger charge is 2.19. The molecule has 0 spiro atoms. The number of nitrogens with zero attached hydrogens (tertiary/aromatic N) is 4. The number of furan rings is 2. The van der Waals surface area contributed by atoms with Crippen molar-refractivity contribution in [2.24, 2.45) is 0 Å². The predicted octanol–water partition coefficient (Wildman–Crippen LogP) is 12.6. The normalized spacial score (nSPS) is 11.8. The first-order valence-corrected chi connectivity index (χ1v) is 18.2. The maximum absolute atomic E-state index is 6.52. The van der Waals surface area contributed by atoms with Gasteiger partial charge in [-0.2, -0.15) is 0 Å². The molecule has 7 aromatic carbocycles. The molecule has 248 valence electrons. The van der Waals surface area contributed by atoms with Crippen molar-refractivity contribution in [3.63, 3.8) is 0 Å². The zero-order valence-corrected chi connectivity index (χ0v) is 28.8. The van der Waals surface area contributed by atoms with Gasteiger partial charge in [0.2, 0.25) is 0 Å². The molecule has 11 aromatic rings. The molecule has 0 atom stereocenters. The second kappa shape index (κ2) is 11.8. The molecule has 6 nitrogen and oxygen atoms in total. The molecule has 4 heterocycles. The van der Waals surface area contributed by atoms with Crippen molar-refractivity contribution in [2.75, 3.05) is 0 Å². The molecular weight excluding hydrogens is 673 g/mol. The molecular formula is C46H26N4O2S. The number of rotatable bonds is 5. The SMILES string of the molecule is c1ccc(-c2nc(-c3ccc4oc5ccccc5c4c3)nc(-c3cccc4oc5cc(-c6ccc(-c7nc8ccccc8s7)cc6)ccc5c34)n2)cc1. The summed E-state index contributed by atoms with van der Waals surface area (Å²) in [5.41, 5.74) is 10.2. The van der Waals surface area contributed by atoms with Crippen LogP contribution < -0.4 is 0 Å². The van der Waals surface area contributed by atoms with Crippen molar-refractivity contribution in [3.05, 3.63) is 158 Å². The number of hydrogen-bond donors (Lipinski definition) is 0. The van der Waals surface area contributed by atoms with E-state index in [1.54, 1.807) is 11.3 Å². The highest BCUT2D eigenvalue weighted by molar-refractivity contribution is 7.21. The third kappa shape index (κ3) is 5.01. The van der Waals surface area contributed by atoms with Crippen LogP contribution in [-0.4, -0.2) is 19.9 Å². The summed E-state index contributed by atoms with van der Waals surface area (Å²) < 4.78 is 13.8. The summed E-state index contributed by atoms with van der Waals surface area (Å²) in [5.74, 6) is 1.76. The predicted molar refractivity (Wildman–Crippen MR) is 215 cm³/mol. The summed E-state index contributed by atoms with van der Waals surface area (Å²) >= 11 is 1.71. The van der Waals surface area contributed by atoms with Crippen LogP contribution in [-0.2, 0) is 0 Å². The average molecular weight is 699 g/mol. The van der Waals surface area contributed by atoms with Gasteiger partial charge in [-0.05, 0) is 65.7 Å². The molecule has 53 heavy (non-hydrogen) atoms. The Bertz CT molecular complexity index is 3150. The highest BCUT2D eigenvalue weighted by atomic mass is 32.1. The molecule has 0 saturated heterocycles. The number of fused-ring (bicyclic) bond motifs is 7. The molecule has 0 aliphatic heterocycles. The van der Waals surface area contributed by atoms with E-state index in [1.165, 1.54) is 4.70 Å². The lowest BCUT2D eigenvalue weighted by Crippen LogP contribution is -2.00. The van der Waals surface area contributed by atoms with Gasteiger partial charge in [-0.25, -0.2) is 19.9 Å². The van der Waals surface area contributed by atoms with E-state index >= 15 is 0 Å². The minimum Gasteiger partial charge on any atom is -0.456 e. The molecule has 7 heteroatoms. The van der Waals surface area contributed by atoms with E-state index in [9.17, 15) is 0 Å². The molecule has 4 aromatic heterocycles. The van der Waals surface area contributed by atoms with Crippen LogP contribution >= 0.6 is 11.3 Å². The minimum absolute atomic E-state index is 0.578. The van der Waals surface area contributed by atoms with Gasteiger partial charge in [-0.3, -0.25) is 0 Å². The topological polar surface area (TPSA) is 77.8 Å². The number of thiazole rings is 1. The number of aromatic nitrogens is 4. The number of hydrogen-bond acceptors (Lipinski definition) is 7. The second-order valence-electron chi connectivity index (χ2n) is 13.0. The maximum Gasteiger partial charge on any atom is 0.164 e. The van der Waals surface area contributed by atoms with Crippen LogP contribution in [0.15, 0.2) is 167 Å². The van der Waals surface area contributed by atoms with E-state index in [0.29, 0.717) is 17.5 Å². The summed E-state index contributed by atoms with van der Waals surface area (Å²) in [4.78, 5) is 20.0. The minimum atomic E-state index is 0.578. The molecule has 0 radical (unpaired) electrons. The summed E-state index contributed by atoms with van der Waals surface area (Å²) in [7, 11) is 0. The van der Waals surface area contributed by atoms with E-state index < -0.39 is 0 Å². The van der Waals surface area contributed by atoms with Crippen molar-refractivity contribution < 1.29 is 8.83 Å². The molecule has 0 fully saturated rings. The van der Waals surface area contributed by atoms with Crippen molar-refractivity contribution in [2.45, 2.75) is 0 Å². The van der Waals surface area contributed by atoms with Crippen LogP contribution in [0.1, 0.15) is 0 Å². The van der Waals surface area contributed by atoms with Crippen LogP contribution in [0.4, 0.5) is 0 Å². The lowest BCUT2D eigenvalue weighted by Gasteiger charge is -2.09. The monoisotopic (exact) mass is 698 g/mol. The molecule has 0 unspecified atom stereocenters. The average Bonchev–Trinajstić information content (AvgIpc) is 3.94. The smallest absolute Gasteiger partial charge is 0.164 e. The summed E-state index contributed by atoms with van der Waals surface area (Å²) in [6.45, 7) is 0. The molecule has 0 bridgehead atoms. The molecule has 0 N–H and O–H groups in total. The molecule has 0 saturated carbocycles. The van der Waals surface area contributed by atoms with Crippen molar-refractivity contribution in [3.8, 4) is 55.9 Å². The van der Waals surface area contributed by atoms with Crippen molar-refractivity contribution in [1.29, 1.82) is 0 Å². The Morgan fingerprint density at radius 2 is 1.06 bits per heavy atom. The fourth-order valence-electron chi connectivity index (χ4n) is 7.20. The summed E-state index contributed by atoms with van der Waals surface area (Å²) in [6, 6.07) is 53.5.